The van der Waals surface area contributed by atoms with Crippen LogP contribution in [0.5, 0.6) is 0 Å². The van der Waals surface area contributed by atoms with Gasteiger partial charge in [-0.1, -0.05) is 56.3 Å². The zero-order valence-corrected chi connectivity index (χ0v) is 13.2. The molecule has 2 aromatic rings. The number of hydrogen-bond donors (Lipinski definition) is 1. The molecule has 0 aromatic heterocycles. The minimum absolute atomic E-state index is 0.238. The summed E-state index contributed by atoms with van der Waals surface area (Å²) in [6.07, 6.45) is 0.895. The van der Waals surface area contributed by atoms with Gasteiger partial charge in [0.1, 0.15) is 0 Å². The SMILES string of the molecule is CC(C)c1ccc(C2CC(CN)=NN2c2ccccc2)cc1. The van der Waals surface area contributed by atoms with Gasteiger partial charge in [-0.25, -0.2) is 0 Å². The molecule has 0 saturated heterocycles. The third-order valence-corrected chi connectivity index (χ3v) is 4.22. The third kappa shape index (κ3) is 2.90. The Kier molecular flexibility index (Phi) is 4.25. The second-order valence-electron chi connectivity index (χ2n) is 6.09. The van der Waals surface area contributed by atoms with Crippen LogP contribution >= 0.6 is 0 Å². The van der Waals surface area contributed by atoms with E-state index in [2.05, 4.69) is 55.3 Å². The summed E-state index contributed by atoms with van der Waals surface area (Å²) in [5.41, 5.74) is 10.7. The largest absolute Gasteiger partial charge is 0.325 e. The topological polar surface area (TPSA) is 41.6 Å². The maximum absolute atomic E-state index is 5.82. The number of para-hydroxylation sites is 1. The lowest BCUT2D eigenvalue weighted by Crippen LogP contribution is -2.18. The molecule has 0 spiro atoms. The van der Waals surface area contributed by atoms with Crippen molar-refractivity contribution in [2.75, 3.05) is 11.6 Å². The summed E-state index contributed by atoms with van der Waals surface area (Å²) >= 11 is 0. The van der Waals surface area contributed by atoms with Crippen LogP contribution < -0.4 is 10.7 Å². The summed E-state index contributed by atoms with van der Waals surface area (Å²) in [5.74, 6) is 0.554. The Morgan fingerprint density at radius 1 is 1.09 bits per heavy atom. The molecule has 0 amide bonds. The van der Waals surface area contributed by atoms with Gasteiger partial charge < -0.3 is 5.73 Å². The van der Waals surface area contributed by atoms with E-state index in [1.165, 1.54) is 11.1 Å². The molecule has 1 aliphatic rings. The molecule has 3 rings (SSSR count). The zero-order valence-electron chi connectivity index (χ0n) is 13.2. The van der Waals surface area contributed by atoms with Gasteiger partial charge in [-0.3, -0.25) is 5.01 Å². The lowest BCUT2D eigenvalue weighted by atomic mass is 9.96. The van der Waals surface area contributed by atoms with Crippen molar-refractivity contribution < 1.29 is 0 Å². The van der Waals surface area contributed by atoms with Crippen LogP contribution in [0.2, 0.25) is 0 Å². The molecular weight excluding hydrogens is 270 g/mol. The Hall–Kier alpha value is -2.13. The van der Waals surface area contributed by atoms with Crippen LogP contribution in [0.25, 0.3) is 0 Å². The molecule has 1 unspecified atom stereocenters. The predicted molar refractivity (Wildman–Crippen MR) is 93.3 cm³/mol. The van der Waals surface area contributed by atoms with Crippen molar-refractivity contribution in [1.29, 1.82) is 0 Å². The fraction of sp³-hybridized carbons (Fsp3) is 0.316. The van der Waals surface area contributed by atoms with Crippen molar-refractivity contribution in [2.45, 2.75) is 32.2 Å². The van der Waals surface area contributed by atoms with E-state index in [9.17, 15) is 0 Å². The molecule has 0 bridgehead atoms. The highest BCUT2D eigenvalue weighted by Crippen LogP contribution is 2.35. The Balaban J connectivity index is 1.91. The summed E-state index contributed by atoms with van der Waals surface area (Å²) in [7, 11) is 0. The Labute approximate surface area is 132 Å². The number of hydrogen-bond acceptors (Lipinski definition) is 3. The molecule has 2 N–H and O–H groups in total. The highest BCUT2D eigenvalue weighted by atomic mass is 15.5. The van der Waals surface area contributed by atoms with Gasteiger partial charge in [0.15, 0.2) is 0 Å². The lowest BCUT2D eigenvalue weighted by Gasteiger charge is -2.24. The zero-order chi connectivity index (χ0) is 15.5. The Bertz CT molecular complexity index is 644. The molecule has 1 atom stereocenters. The molecule has 3 nitrogen and oxygen atoms in total. The molecule has 0 saturated carbocycles. The van der Waals surface area contributed by atoms with E-state index in [0.29, 0.717) is 12.5 Å². The number of hydrazone groups is 1. The fourth-order valence-electron chi connectivity index (χ4n) is 2.88. The van der Waals surface area contributed by atoms with Gasteiger partial charge in [0.05, 0.1) is 17.4 Å². The number of rotatable bonds is 4. The van der Waals surface area contributed by atoms with Crippen LogP contribution in [-0.4, -0.2) is 12.3 Å². The summed E-state index contributed by atoms with van der Waals surface area (Å²) in [5, 5.41) is 6.82. The second kappa shape index (κ2) is 6.32. The summed E-state index contributed by atoms with van der Waals surface area (Å²) in [6, 6.07) is 19.5. The second-order valence-corrected chi connectivity index (χ2v) is 6.09. The van der Waals surface area contributed by atoms with Crippen LogP contribution in [-0.2, 0) is 0 Å². The van der Waals surface area contributed by atoms with E-state index < -0.39 is 0 Å². The average molecular weight is 293 g/mol. The first kappa shape index (κ1) is 14.8. The van der Waals surface area contributed by atoms with Crippen LogP contribution in [0.4, 0.5) is 5.69 Å². The quantitative estimate of drug-likeness (QED) is 0.923. The lowest BCUT2D eigenvalue weighted by molar-refractivity contribution is 0.707. The van der Waals surface area contributed by atoms with E-state index in [1.54, 1.807) is 0 Å². The monoisotopic (exact) mass is 293 g/mol. The van der Waals surface area contributed by atoms with E-state index in [0.717, 1.165) is 17.8 Å². The molecule has 0 radical (unpaired) electrons. The maximum atomic E-state index is 5.82. The van der Waals surface area contributed by atoms with Gasteiger partial charge in [-0.05, 0) is 29.2 Å². The summed E-state index contributed by atoms with van der Waals surface area (Å²) < 4.78 is 0. The standard InChI is InChI=1S/C19H23N3/c1-14(2)15-8-10-16(11-9-15)19-12-17(13-20)21-22(19)18-6-4-3-5-7-18/h3-11,14,19H,12-13,20H2,1-2H3. The Morgan fingerprint density at radius 2 is 1.77 bits per heavy atom. The number of benzene rings is 2. The van der Waals surface area contributed by atoms with Crippen molar-refractivity contribution in [2.24, 2.45) is 10.8 Å². The predicted octanol–water partition coefficient (Wildman–Crippen LogP) is 4.08. The average Bonchev–Trinajstić information content (AvgIpc) is 3.00. The van der Waals surface area contributed by atoms with Crippen molar-refractivity contribution in [3.05, 3.63) is 65.7 Å². The van der Waals surface area contributed by atoms with Crippen LogP contribution in [0, 0.1) is 0 Å². The molecule has 3 heteroatoms. The first-order valence-electron chi connectivity index (χ1n) is 7.89. The maximum Gasteiger partial charge on any atom is 0.0828 e. The smallest absolute Gasteiger partial charge is 0.0828 e. The van der Waals surface area contributed by atoms with E-state index in [1.807, 2.05) is 18.2 Å². The number of nitrogens with zero attached hydrogens (tertiary/aromatic N) is 2. The van der Waals surface area contributed by atoms with Gasteiger partial charge in [-0.2, -0.15) is 5.10 Å². The van der Waals surface area contributed by atoms with Crippen LogP contribution in [0.3, 0.4) is 0 Å². The third-order valence-electron chi connectivity index (χ3n) is 4.22. The van der Waals surface area contributed by atoms with Gasteiger partial charge in [0.25, 0.3) is 0 Å². The first-order chi connectivity index (χ1) is 10.7. The molecule has 1 aliphatic heterocycles. The van der Waals surface area contributed by atoms with Gasteiger partial charge >= 0.3 is 0 Å². The fourth-order valence-corrected chi connectivity index (χ4v) is 2.88. The van der Waals surface area contributed by atoms with Crippen molar-refractivity contribution in [3.8, 4) is 0 Å². The molecule has 2 aromatic carbocycles. The molecule has 0 fully saturated rings. The van der Waals surface area contributed by atoms with Crippen LogP contribution in [0.1, 0.15) is 43.4 Å². The van der Waals surface area contributed by atoms with Crippen LogP contribution in [0.15, 0.2) is 59.7 Å². The van der Waals surface area contributed by atoms with Crippen molar-refractivity contribution in [3.63, 3.8) is 0 Å². The van der Waals surface area contributed by atoms with Crippen molar-refractivity contribution >= 4 is 11.4 Å². The summed E-state index contributed by atoms with van der Waals surface area (Å²) in [4.78, 5) is 0. The minimum atomic E-state index is 0.238. The van der Waals surface area contributed by atoms with Crippen molar-refractivity contribution in [1.82, 2.24) is 0 Å². The molecule has 0 aliphatic carbocycles. The van der Waals surface area contributed by atoms with E-state index >= 15 is 0 Å². The number of anilines is 1. The normalized spacial score (nSPS) is 17.9. The molecule has 1 heterocycles. The number of nitrogens with two attached hydrogens (primary N) is 1. The minimum Gasteiger partial charge on any atom is -0.325 e. The Morgan fingerprint density at radius 3 is 2.36 bits per heavy atom. The first-order valence-corrected chi connectivity index (χ1v) is 7.89. The van der Waals surface area contributed by atoms with Gasteiger partial charge in [-0.15, -0.1) is 0 Å². The van der Waals surface area contributed by atoms with E-state index in [4.69, 9.17) is 10.8 Å². The van der Waals surface area contributed by atoms with E-state index in [-0.39, 0.29) is 6.04 Å². The van der Waals surface area contributed by atoms with Gasteiger partial charge in [0.2, 0.25) is 0 Å². The molecular formula is C19H23N3. The van der Waals surface area contributed by atoms with Gasteiger partial charge in [0, 0.05) is 13.0 Å². The summed E-state index contributed by atoms with van der Waals surface area (Å²) in [6.45, 7) is 4.96. The highest BCUT2D eigenvalue weighted by Gasteiger charge is 2.28. The molecule has 22 heavy (non-hydrogen) atoms. The highest BCUT2D eigenvalue weighted by molar-refractivity contribution is 5.90. The molecule has 114 valence electrons.